The third-order valence-electron chi connectivity index (χ3n) is 2.78. The molecule has 0 saturated carbocycles. The monoisotopic (exact) mass is 432 g/mol. The molecule has 2 rings (SSSR count). The predicted octanol–water partition coefficient (Wildman–Crippen LogP) is 4.74. The Morgan fingerprint density at radius 1 is 1.29 bits per heavy atom. The summed E-state index contributed by atoms with van der Waals surface area (Å²) >= 11 is 11.4. The van der Waals surface area contributed by atoms with Crippen LogP contribution >= 0.6 is 44.1 Å². The zero-order valence-corrected chi connectivity index (χ0v) is 14.9. The Bertz CT molecular complexity index is 710. The Labute approximate surface area is 143 Å². The number of anilines is 2. The average Bonchev–Trinajstić information content (AvgIpc) is 2.45. The molecule has 0 radical (unpaired) electrons. The van der Waals surface area contributed by atoms with Gasteiger partial charge >= 0.3 is 0 Å². The van der Waals surface area contributed by atoms with Crippen molar-refractivity contribution in [2.45, 2.75) is 0 Å². The van der Waals surface area contributed by atoms with Gasteiger partial charge in [-0.1, -0.05) is 12.2 Å². The molecule has 0 bridgehead atoms. The minimum atomic E-state index is -0.456. The standard InChI is InChI=1S/C14H11Br2FN2OS/c1-20-11-6-7(2-4-9(11)15)19-10-5-3-8(14(18)21)12(16)13(10)17/h2-6,19H,1H3,(H2,18,21). The lowest BCUT2D eigenvalue weighted by molar-refractivity contribution is 0.412. The summed E-state index contributed by atoms with van der Waals surface area (Å²) in [6.07, 6.45) is 0. The zero-order chi connectivity index (χ0) is 15.6. The maximum absolute atomic E-state index is 14.3. The average molecular weight is 434 g/mol. The van der Waals surface area contributed by atoms with Gasteiger partial charge in [-0.05, 0) is 56.1 Å². The Kier molecular flexibility index (Phi) is 5.18. The number of rotatable bonds is 4. The number of halogens is 3. The van der Waals surface area contributed by atoms with Crippen molar-refractivity contribution in [2.75, 3.05) is 12.4 Å². The number of benzene rings is 2. The highest BCUT2D eigenvalue weighted by Gasteiger charge is 2.13. The first-order valence-electron chi connectivity index (χ1n) is 5.82. The van der Waals surface area contributed by atoms with Gasteiger partial charge in [0.2, 0.25) is 0 Å². The minimum absolute atomic E-state index is 0.137. The quantitative estimate of drug-likeness (QED) is 0.683. The molecule has 0 aliphatic carbocycles. The third-order valence-corrected chi connectivity index (χ3v) is 4.43. The number of nitrogens with one attached hydrogen (secondary N) is 1. The SMILES string of the molecule is COc1cc(Nc2ccc(C(N)=S)c(Br)c2F)ccc1Br. The molecule has 0 saturated heterocycles. The Morgan fingerprint density at radius 2 is 2.00 bits per heavy atom. The molecule has 0 spiro atoms. The maximum atomic E-state index is 14.3. The number of ether oxygens (including phenoxy) is 1. The van der Waals surface area contributed by atoms with Gasteiger partial charge in [-0.15, -0.1) is 0 Å². The summed E-state index contributed by atoms with van der Waals surface area (Å²) in [7, 11) is 1.57. The van der Waals surface area contributed by atoms with Crippen molar-refractivity contribution in [3.05, 3.63) is 50.7 Å². The topological polar surface area (TPSA) is 47.3 Å². The second-order valence-corrected chi connectivity index (χ2v) is 6.21. The molecular weight excluding hydrogens is 423 g/mol. The first kappa shape index (κ1) is 16.2. The fraction of sp³-hybridized carbons (Fsp3) is 0.0714. The highest BCUT2D eigenvalue weighted by atomic mass is 79.9. The van der Waals surface area contributed by atoms with E-state index in [0.717, 1.165) is 4.47 Å². The van der Waals surface area contributed by atoms with Crippen LogP contribution in [0.2, 0.25) is 0 Å². The largest absolute Gasteiger partial charge is 0.495 e. The van der Waals surface area contributed by atoms with Crippen LogP contribution in [0.15, 0.2) is 39.3 Å². The predicted molar refractivity (Wildman–Crippen MR) is 94.0 cm³/mol. The fourth-order valence-electron chi connectivity index (χ4n) is 1.73. The molecule has 0 fully saturated rings. The van der Waals surface area contributed by atoms with Gasteiger partial charge in [-0.25, -0.2) is 4.39 Å². The van der Waals surface area contributed by atoms with Crippen LogP contribution in [0, 0.1) is 5.82 Å². The summed E-state index contributed by atoms with van der Waals surface area (Å²) in [5, 5.41) is 2.99. The van der Waals surface area contributed by atoms with Crippen LogP contribution in [0.4, 0.5) is 15.8 Å². The normalized spacial score (nSPS) is 10.3. The fourth-order valence-corrected chi connectivity index (χ4v) is 3.00. The minimum Gasteiger partial charge on any atom is -0.495 e. The van der Waals surface area contributed by atoms with Crippen molar-refractivity contribution in [3.63, 3.8) is 0 Å². The van der Waals surface area contributed by atoms with E-state index in [1.165, 1.54) is 0 Å². The lowest BCUT2D eigenvalue weighted by Gasteiger charge is -2.12. The number of methoxy groups -OCH3 is 1. The van der Waals surface area contributed by atoms with Crippen LogP contribution in [-0.2, 0) is 0 Å². The van der Waals surface area contributed by atoms with Crippen molar-refractivity contribution in [2.24, 2.45) is 5.73 Å². The third kappa shape index (κ3) is 3.53. The van der Waals surface area contributed by atoms with Crippen LogP contribution in [0.1, 0.15) is 5.56 Å². The Morgan fingerprint density at radius 3 is 2.62 bits per heavy atom. The van der Waals surface area contributed by atoms with Gasteiger partial charge in [0.25, 0.3) is 0 Å². The lowest BCUT2D eigenvalue weighted by atomic mass is 10.2. The van der Waals surface area contributed by atoms with E-state index in [4.69, 9.17) is 22.7 Å². The Hall–Kier alpha value is -1.18. The van der Waals surface area contributed by atoms with Crippen LogP contribution < -0.4 is 15.8 Å². The first-order valence-corrected chi connectivity index (χ1v) is 7.82. The molecule has 0 amide bonds. The van der Waals surface area contributed by atoms with Crippen LogP contribution in [-0.4, -0.2) is 12.1 Å². The molecule has 0 aliphatic heterocycles. The summed E-state index contributed by atoms with van der Waals surface area (Å²) < 4.78 is 20.6. The van der Waals surface area contributed by atoms with Gasteiger partial charge in [0.15, 0.2) is 5.82 Å². The number of hydrogen-bond acceptors (Lipinski definition) is 3. The summed E-state index contributed by atoms with van der Waals surface area (Å²) in [5.41, 5.74) is 7.00. The van der Waals surface area contributed by atoms with Gasteiger partial charge < -0.3 is 15.8 Å². The smallest absolute Gasteiger partial charge is 0.161 e. The molecule has 2 aromatic carbocycles. The second kappa shape index (κ2) is 6.72. The van der Waals surface area contributed by atoms with E-state index >= 15 is 0 Å². The first-order chi connectivity index (χ1) is 9.93. The van der Waals surface area contributed by atoms with Gasteiger partial charge in [0.05, 0.1) is 21.7 Å². The molecule has 0 heterocycles. The number of nitrogens with two attached hydrogens (primary N) is 1. The summed E-state index contributed by atoms with van der Waals surface area (Å²) in [5.74, 6) is 0.196. The molecule has 21 heavy (non-hydrogen) atoms. The van der Waals surface area contributed by atoms with Crippen LogP contribution in [0.3, 0.4) is 0 Å². The number of thiocarbonyl (C=S) groups is 1. The van der Waals surface area contributed by atoms with E-state index < -0.39 is 5.82 Å². The summed E-state index contributed by atoms with van der Waals surface area (Å²) in [6.45, 7) is 0. The molecule has 0 unspecified atom stereocenters. The maximum Gasteiger partial charge on any atom is 0.161 e. The van der Waals surface area contributed by atoms with Crippen molar-refractivity contribution in [3.8, 4) is 5.75 Å². The van der Waals surface area contributed by atoms with E-state index in [9.17, 15) is 4.39 Å². The molecule has 0 aromatic heterocycles. The van der Waals surface area contributed by atoms with E-state index in [-0.39, 0.29) is 9.46 Å². The van der Waals surface area contributed by atoms with E-state index in [1.807, 2.05) is 6.07 Å². The zero-order valence-electron chi connectivity index (χ0n) is 10.9. The molecular formula is C14H11Br2FN2OS. The van der Waals surface area contributed by atoms with Crippen molar-refractivity contribution in [1.29, 1.82) is 0 Å². The van der Waals surface area contributed by atoms with Crippen LogP contribution in [0.5, 0.6) is 5.75 Å². The summed E-state index contributed by atoms with van der Waals surface area (Å²) in [6, 6.07) is 8.63. The van der Waals surface area contributed by atoms with Crippen LogP contribution in [0.25, 0.3) is 0 Å². The van der Waals surface area contributed by atoms with Gasteiger partial charge in [0.1, 0.15) is 10.7 Å². The molecule has 0 aliphatic rings. The number of hydrogen-bond donors (Lipinski definition) is 2. The molecule has 0 atom stereocenters. The van der Waals surface area contributed by atoms with Crippen molar-refractivity contribution >= 4 is 60.4 Å². The highest BCUT2D eigenvalue weighted by molar-refractivity contribution is 9.10. The second-order valence-electron chi connectivity index (χ2n) is 4.13. The molecule has 7 heteroatoms. The van der Waals surface area contributed by atoms with Gasteiger partial charge in [-0.2, -0.15) is 0 Å². The van der Waals surface area contributed by atoms with Gasteiger partial charge in [0, 0.05) is 17.3 Å². The molecule has 2 aromatic rings. The van der Waals surface area contributed by atoms with Crippen molar-refractivity contribution < 1.29 is 9.13 Å². The Balaban J connectivity index is 2.36. The van der Waals surface area contributed by atoms with E-state index in [2.05, 4.69) is 37.2 Å². The van der Waals surface area contributed by atoms with Crippen molar-refractivity contribution in [1.82, 2.24) is 0 Å². The highest BCUT2D eigenvalue weighted by Crippen LogP contribution is 2.32. The van der Waals surface area contributed by atoms with Gasteiger partial charge in [-0.3, -0.25) is 0 Å². The molecule has 110 valence electrons. The molecule has 3 nitrogen and oxygen atoms in total. The molecule has 3 N–H and O–H groups in total. The van der Waals surface area contributed by atoms with E-state index in [0.29, 0.717) is 22.7 Å². The van der Waals surface area contributed by atoms with E-state index in [1.54, 1.807) is 31.4 Å². The summed E-state index contributed by atoms with van der Waals surface area (Å²) in [4.78, 5) is 0.137. The lowest BCUT2D eigenvalue weighted by Crippen LogP contribution is -2.11.